The van der Waals surface area contributed by atoms with Gasteiger partial charge in [0.15, 0.2) is 0 Å². The molecule has 10 nitrogen and oxygen atoms in total. The van der Waals surface area contributed by atoms with Gasteiger partial charge in [-0.05, 0) is 26.0 Å². The Morgan fingerprint density at radius 3 is 1.46 bits per heavy atom. The topological polar surface area (TPSA) is 97.1 Å². The van der Waals surface area contributed by atoms with Crippen LogP contribution in [0.1, 0.15) is 23.0 Å². The number of aromatic nitrogens is 10. The largest absolute Gasteiger partial charge is 2.00 e. The van der Waals surface area contributed by atoms with Gasteiger partial charge < -0.3 is 25.3 Å². The van der Waals surface area contributed by atoms with E-state index >= 15 is 0 Å². The molecule has 0 atom stereocenters. The Labute approximate surface area is 186 Å². The minimum absolute atomic E-state index is 0. The van der Waals surface area contributed by atoms with Crippen LogP contribution in [0.2, 0.25) is 0 Å². The molecule has 0 saturated carbocycles. The molecule has 0 unspecified atom stereocenters. The minimum Gasteiger partial charge on any atom is -0.760 e. The smallest absolute Gasteiger partial charge is 0.760 e. The zero-order chi connectivity index (χ0) is 19.3. The van der Waals surface area contributed by atoms with Crippen LogP contribution < -0.4 is 0 Å². The Bertz CT molecular complexity index is 1050. The molecule has 4 rings (SSSR count). The van der Waals surface area contributed by atoms with Gasteiger partial charge in [-0.1, -0.05) is 10.1 Å². The molecule has 13 heteroatoms. The summed E-state index contributed by atoms with van der Waals surface area (Å²) in [5.74, 6) is 2.29. The first-order valence-electron chi connectivity index (χ1n) is 8.09. The van der Waals surface area contributed by atoms with Gasteiger partial charge in [0, 0.05) is 14.1 Å². The van der Waals surface area contributed by atoms with E-state index in [0.717, 1.165) is 11.4 Å². The van der Waals surface area contributed by atoms with Crippen LogP contribution in [-0.4, -0.2) is 49.1 Å². The standard InChI is InChI=1S/C15H18N10S2.Pt/c1-8-5-12(26)24(18-8)14-16-10(22(3)20-14)7-11-17-15(21-23(11)4)25-13(27)6-9(2)19-25;/h5-6,26-27H,7H2,1-4H3;/q;+2/p-2. The Balaban J connectivity index is 0.00000225. The first kappa shape index (κ1) is 20.6. The number of hydrogen-bond donors (Lipinski definition) is 0. The molecule has 0 amide bonds. The molecule has 0 saturated heterocycles. The van der Waals surface area contributed by atoms with Crippen LogP contribution in [0, 0.1) is 13.8 Å². The van der Waals surface area contributed by atoms with Gasteiger partial charge in [-0.25, -0.2) is 9.36 Å². The third-order valence-electron chi connectivity index (χ3n) is 3.98. The van der Waals surface area contributed by atoms with Gasteiger partial charge in [0.2, 0.25) is 0 Å². The van der Waals surface area contributed by atoms with Gasteiger partial charge >= 0.3 is 21.1 Å². The Hall–Kier alpha value is -2.17. The molecule has 4 aromatic heterocycles. The minimum atomic E-state index is 0. The third kappa shape index (κ3) is 3.71. The van der Waals surface area contributed by atoms with Crippen LogP contribution in [0.4, 0.5) is 0 Å². The molecule has 4 heterocycles. The van der Waals surface area contributed by atoms with Crippen molar-refractivity contribution in [2.45, 2.75) is 30.3 Å². The van der Waals surface area contributed by atoms with Crippen molar-refractivity contribution in [3.05, 3.63) is 35.2 Å². The van der Waals surface area contributed by atoms with Gasteiger partial charge in [0.1, 0.15) is 11.6 Å². The van der Waals surface area contributed by atoms with Crippen molar-refractivity contribution in [2.24, 2.45) is 14.1 Å². The van der Waals surface area contributed by atoms with Crippen molar-refractivity contribution in [3.63, 3.8) is 0 Å². The zero-order valence-corrected chi connectivity index (χ0v) is 19.4. The fourth-order valence-electron chi connectivity index (χ4n) is 2.67. The predicted molar refractivity (Wildman–Crippen MR) is 99.8 cm³/mol. The monoisotopic (exact) mass is 595 g/mol. The fourth-order valence-corrected chi connectivity index (χ4v) is 3.26. The molecule has 0 aliphatic heterocycles. The Kier molecular flexibility index (Phi) is 5.64. The van der Waals surface area contributed by atoms with Gasteiger partial charge in [-0.2, -0.15) is 20.2 Å². The molecule has 148 valence electrons. The van der Waals surface area contributed by atoms with E-state index in [1.807, 2.05) is 27.9 Å². The number of nitrogens with zero attached hydrogens (tertiary/aromatic N) is 10. The molecule has 0 bridgehead atoms. The molecule has 0 aliphatic rings. The molecule has 0 N–H and O–H groups in total. The Morgan fingerprint density at radius 1 is 0.750 bits per heavy atom. The summed E-state index contributed by atoms with van der Waals surface area (Å²) in [6.45, 7) is 3.75. The summed E-state index contributed by atoms with van der Waals surface area (Å²) < 4.78 is 6.47. The van der Waals surface area contributed by atoms with E-state index in [1.165, 1.54) is 0 Å². The molecule has 0 aromatic carbocycles. The normalized spacial score (nSPS) is 11.0. The summed E-state index contributed by atoms with van der Waals surface area (Å²) in [6, 6.07) is 3.61. The SMILES string of the molecule is Cc1cc([S-])n(-c2nc(Cc3nc(-n4nc(C)cc4[S-])nn3C)n(C)n2)n1.[Pt+2]. The van der Waals surface area contributed by atoms with Crippen molar-refractivity contribution in [2.75, 3.05) is 0 Å². The zero-order valence-electron chi connectivity index (χ0n) is 15.5. The van der Waals surface area contributed by atoms with Crippen molar-refractivity contribution in [3.8, 4) is 11.9 Å². The molecule has 0 radical (unpaired) electrons. The second-order valence-corrected chi connectivity index (χ2v) is 6.99. The summed E-state index contributed by atoms with van der Waals surface area (Å²) in [5.41, 5.74) is 1.64. The maximum atomic E-state index is 5.29. The van der Waals surface area contributed by atoms with Crippen LogP contribution in [-0.2, 0) is 66.8 Å². The van der Waals surface area contributed by atoms with E-state index in [2.05, 4.69) is 30.4 Å². The number of rotatable bonds is 4. The molecular weight excluding hydrogens is 579 g/mol. The van der Waals surface area contributed by atoms with Crippen LogP contribution in [0.15, 0.2) is 22.2 Å². The Morgan fingerprint density at radius 2 is 1.14 bits per heavy atom. The molecule has 0 aliphatic carbocycles. The van der Waals surface area contributed by atoms with E-state index in [0.29, 0.717) is 40.0 Å². The van der Waals surface area contributed by atoms with Gasteiger partial charge in [0.25, 0.3) is 11.9 Å². The second kappa shape index (κ2) is 7.69. The number of hydrogen-bond acceptors (Lipinski definition) is 8. The molecule has 0 spiro atoms. The van der Waals surface area contributed by atoms with E-state index in [1.54, 1.807) is 30.9 Å². The number of aryl methyl sites for hydroxylation is 4. The van der Waals surface area contributed by atoms with Crippen molar-refractivity contribution < 1.29 is 21.1 Å². The third-order valence-corrected chi connectivity index (χ3v) is 4.56. The molecular formula is C15H16N10PtS2. The average Bonchev–Trinajstić information content (AvgIpc) is 3.30. The summed E-state index contributed by atoms with van der Waals surface area (Å²) in [7, 11) is 3.64. The summed E-state index contributed by atoms with van der Waals surface area (Å²) >= 11 is 10.6. The fraction of sp³-hybridized carbons (Fsp3) is 0.333. The van der Waals surface area contributed by atoms with Gasteiger partial charge in [0.05, 0.1) is 17.8 Å². The summed E-state index contributed by atoms with van der Waals surface area (Å²) in [5, 5.41) is 18.6. The van der Waals surface area contributed by atoms with Crippen LogP contribution >= 0.6 is 0 Å². The quantitative estimate of drug-likeness (QED) is 0.312. The van der Waals surface area contributed by atoms with E-state index in [4.69, 9.17) is 25.3 Å². The van der Waals surface area contributed by atoms with E-state index in [9.17, 15) is 0 Å². The predicted octanol–water partition coefficient (Wildman–Crippen LogP) is 0.332. The maximum absolute atomic E-state index is 5.29. The van der Waals surface area contributed by atoms with Crippen LogP contribution in [0.5, 0.6) is 0 Å². The molecule has 4 aromatic rings. The van der Waals surface area contributed by atoms with Gasteiger partial charge in [-0.15, -0.1) is 10.2 Å². The summed E-state index contributed by atoms with van der Waals surface area (Å²) in [4.78, 5) is 9.11. The van der Waals surface area contributed by atoms with Crippen LogP contribution in [0.25, 0.3) is 11.9 Å². The van der Waals surface area contributed by atoms with Crippen LogP contribution in [0.3, 0.4) is 0 Å². The average molecular weight is 596 g/mol. The first-order valence-corrected chi connectivity index (χ1v) is 8.91. The van der Waals surface area contributed by atoms with Gasteiger partial charge in [-0.3, -0.25) is 9.36 Å². The van der Waals surface area contributed by atoms with E-state index in [-0.39, 0.29) is 21.1 Å². The van der Waals surface area contributed by atoms with Crippen molar-refractivity contribution in [1.29, 1.82) is 0 Å². The second-order valence-electron chi connectivity index (χ2n) is 6.15. The van der Waals surface area contributed by atoms with Crippen molar-refractivity contribution >= 4 is 25.3 Å². The maximum Gasteiger partial charge on any atom is 2.00 e. The first-order chi connectivity index (χ1) is 12.8. The van der Waals surface area contributed by atoms with Crippen molar-refractivity contribution in [1.82, 2.24) is 49.1 Å². The summed E-state index contributed by atoms with van der Waals surface area (Å²) in [6.07, 6.45) is 0.438. The molecule has 28 heavy (non-hydrogen) atoms. The molecule has 0 fully saturated rings. The van der Waals surface area contributed by atoms with E-state index < -0.39 is 0 Å².